The zero-order valence-corrected chi connectivity index (χ0v) is 7.25. The van der Waals surface area contributed by atoms with Gasteiger partial charge in [-0.1, -0.05) is 0 Å². The molecule has 3 heteroatoms. The van der Waals surface area contributed by atoms with Gasteiger partial charge in [-0.15, -0.1) is 11.3 Å². The van der Waals surface area contributed by atoms with E-state index in [2.05, 4.69) is 10.4 Å². The van der Waals surface area contributed by atoms with Crippen molar-refractivity contribution in [1.29, 1.82) is 0 Å². The number of aromatic nitrogens is 1. The van der Waals surface area contributed by atoms with E-state index < -0.39 is 0 Å². The van der Waals surface area contributed by atoms with Gasteiger partial charge in [0.25, 0.3) is 0 Å². The van der Waals surface area contributed by atoms with Gasteiger partial charge in [-0.2, -0.15) is 11.8 Å². The summed E-state index contributed by atoms with van der Waals surface area (Å²) >= 11 is 3.84. The third-order valence-electron chi connectivity index (χ3n) is 1.66. The Morgan fingerprint density at radius 3 is 3.20 bits per heavy atom. The van der Waals surface area contributed by atoms with E-state index in [0.29, 0.717) is 0 Å². The first-order valence-corrected chi connectivity index (χ1v) is 5.40. The van der Waals surface area contributed by atoms with Crippen molar-refractivity contribution in [3.05, 3.63) is 16.6 Å². The second kappa shape index (κ2) is 2.93. The molecule has 0 saturated carbocycles. The number of hydrogen-bond acceptors (Lipinski definition) is 3. The molecule has 0 N–H and O–H groups in total. The number of nitrogens with zero attached hydrogens (tertiary/aromatic N) is 1. The van der Waals surface area contributed by atoms with Crippen molar-refractivity contribution in [2.75, 3.05) is 5.75 Å². The molecule has 1 unspecified atom stereocenters. The minimum absolute atomic E-state index is 0.722. The van der Waals surface area contributed by atoms with Gasteiger partial charge in [0.05, 0.1) is 5.25 Å². The van der Waals surface area contributed by atoms with E-state index in [-0.39, 0.29) is 0 Å². The van der Waals surface area contributed by atoms with Gasteiger partial charge in [0, 0.05) is 11.6 Å². The van der Waals surface area contributed by atoms with Gasteiger partial charge in [0.1, 0.15) is 5.01 Å². The second-order valence-corrected chi connectivity index (χ2v) is 4.61. The van der Waals surface area contributed by atoms with Gasteiger partial charge in [0.2, 0.25) is 0 Å². The number of rotatable bonds is 1. The molecule has 1 nitrogen and oxygen atoms in total. The van der Waals surface area contributed by atoms with Crippen LogP contribution in [-0.4, -0.2) is 10.7 Å². The molecular weight excluding hydrogens is 162 g/mol. The summed E-state index contributed by atoms with van der Waals surface area (Å²) in [5.74, 6) is 1.32. The van der Waals surface area contributed by atoms with Crippen molar-refractivity contribution < 1.29 is 0 Å². The minimum atomic E-state index is 0.722. The van der Waals surface area contributed by atoms with Gasteiger partial charge in [0.15, 0.2) is 0 Å². The second-order valence-electron chi connectivity index (χ2n) is 2.37. The molecule has 1 aliphatic rings. The summed E-state index contributed by atoms with van der Waals surface area (Å²) in [6.07, 6.45) is 4.60. The van der Waals surface area contributed by atoms with Crippen LogP contribution in [0.25, 0.3) is 0 Å². The highest BCUT2D eigenvalue weighted by Crippen LogP contribution is 2.40. The lowest BCUT2D eigenvalue weighted by Gasteiger charge is -2.00. The lowest BCUT2D eigenvalue weighted by atomic mass is 10.3. The van der Waals surface area contributed by atoms with Gasteiger partial charge in [-0.25, -0.2) is 4.98 Å². The van der Waals surface area contributed by atoms with Crippen molar-refractivity contribution >= 4 is 23.1 Å². The van der Waals surface area contributed by atoms with Crippen molar-refractivity contribution in [3.8, 4) is 0 Å². The van der Waals surface area contributed by atoms with Crippen LogP contribution in [0, 0.1) is 0 Å². The summed E-state index contributed by atoms with van der Waals surface area (Å²) in [5.41, 5.74) is 0. The summed E-state index contributed by atoms with van der Waals surface area (Å²) in [6.45, 7) is 0. The van der Waals surface area contributed by atoms with Crippen LogP contribution < -0.4 is 0 Å². The Bertz CT molecular complexity index is 189. The molecule has 1 aromatic heterocycles. The smallest absolute Gasteiger partial charge is 0.105 e. The zero-order chi connectivity index (χ0) is 6.81. The van der Waals surface area contributed by atoms with Crippen molar-refractivity contribution in [2.24, 2.45) is 0 Å². The molecule has 10 heavy (non-hydrogen) atoms. The predicted octanol–water partition coefficient (Wildman–Crippen LogP) is 2.71. The first kappa shape index (κ1) is 6.68. The van der Waals surface area contributed by atoms with Crippen LogP contribution in [0.4, 0.5) is 0 Å². The minimum Gasteiger partial charge on any atom is -0.249 e. The van der Waals surface area contributed by atoms with Gasteiger partial charge in [-0.05, 0) is 18.6 Å². The molecule has 1 aliphatic heterocycles. The topological polar surface area (TPSA) is 12.9 Å². The van der Waals surface area contributed by atoms with E-state index >= 15 is 0 Å². The molecular formula is C7H9NS2. The summed E-state index contributed by atoms with van der Waals surface area (Å²) in [7, 11) is 0. The highest BCUT2D eigenvalue weighted by Gasteiger charge is 2.18. The molecule has 2 heterocycles. The molecule has 1 atom stereocenters. The molecule has 0 radical (unpaired) electrons. The van der Waals surface area contributed by atoms with E-state index in [9.17, 15) is 0 Å². The van der Waals surface area contributed by atoms with Crippen LogP contribution in [-0.2, 0) is 0 Å². The predicted molar refractivity (Wildman–Crippen MR) is 46.5 cm³/mol. The Balaban J connectivity index is 2.12. The van der Waals surface area contributed by atoms with E-state index in [1.165, 1.54) is 23.6 Å². The van der Waals surface area contributed by atoms with Crippen molar-refractivity contribution in [2.45, 2.75) is 18.1 Å². The maximum absolute atomic E-state index is 4.30. The molecule has 0 spiro atoms. The third kappa shape index (κ3) is 1.20. The summed E-state index contributed by atoms with van der Waals surface area (Å²) in [5, 5.41) is 4.11. The number of hydrogen-bond donors (Lipinski definition) is 0. The van der Waals surface area contributed by atoms with E-state index in [4.69, 9.17) is 0 Å². The fourth-order valence-corrected chi connectivity index (χ4v) is 3.34. The lowest BCUT2D eigenvalue weighted by molar-refractivity contribution is 0.823. The van der Waals surface area contributed by atoms with Crippen molar-refractivity contribution in [3.63, 3.8) is 0 Å². The molecule has 0 bridgehead atoms. The molecule has 1 saturated heterocycles. The summed E-state index contributed by atoms with van der Waals surface area (Å²) < 4.78 is 0. The number of thiazole rings is 1. The standard InChI is InChI=1S/C7H9NS2/c1-2-6(9-4-1)7-8-3-5-10-7/h3,5-6H,1-2,4H2. The van der Waals surface area contributed by atoms with Crippen LogP contribution >= 0.6 is 23.1 Å². The Kier molecular flexibility index (Phi) is 1.95. The highest BCUT2D eigenvalue weighted by molar-refractivity contribution is 7.99. The lowest BCUT2D eigenvalue weighted by Crippen LogP contribution is -1.84. The van der Waals surface area contributed by atoms with Gasteiger partial charge in [-0.3, -0.25) is 0 Å². The molecule has 0 aliphatic carbocycles. The molecule has 0 amide bonds. The van der Waals surface area contributed by atoms with Crippen molar-refractivity contribution in [1.82, 2.24) is 4.98 Å². The quantitative estimate of drug-likeness (QED) is 0.644. The molecule has 1 aromatic rings. The van der Waals surface area contributed by atoms with Crippen LogP contribution in [0.3, 0.4) is 0 Å². The van der Waals surface area contributed by atoms with Crippen LogP contribution in [0.5, 0.6) is 0 Å². The Labute approximate surface area is 68.9 Å². The molecule has 54 valence electrons. The Morgan fingerprint density at radius 1 is 1.60 bits per heavy atom. The largest absolute Gasteiger partial charge is 0.249 e. The average Bonchev–Trinajstić information content (AvgIpc) is 2.59. The summed E-state index contributed by atoms with van der Waals surface area (Å²) in [4.78, 5) is 4.30. The van der Waals surface area contributed by atoms with Gasteiger partial charge >= 0.3 is 0 Å². The first-order chi connectivity index (χ1) is 4.97. The maximum atomic E-state index is 4.30. The van der Waals surface area contributed by atoms with E-state index in [1.54, 1.807) is 11.3 Å². The highest BCUT2D eigenvalue weighted by atomic mass is 32.2. The third-order valence-corrected chi connectivity index (χ3v) is 4.08. The van der Waals surface area contributed by atoms with Crippen LogP contribution in [0.15, 0.2) is 11.6 Å². The van der Waals surface area contributed by atoms with E-state index in [1.807, 2.05) is 18.0 Å². The SMILES string of the molecule is c1csc(C2CCCS2)n1. The zero-order valence-electron chi connectivity index (χ0n) is 5.62. The fraction of sp³-hybridized carbons (Fsp3) is 0.571. The number of thioether (sulfide) groups is 1. The Hall–Kier alpha value is -0.0200. The van der Waals surface area contributed by atoms with E-state index in [0.717, 1.165) is 5.25 Å². The summed E-state index contributed by atoms with van der Waals surface area (Å²) in [6, 6.07) is 0. The normalized spacial score (nSPS) is 25.4. The van der Waals surface area contributed by atoms with Crippen LogP contribution in [0.2, 0.25) is 0 Å². The average molecular weight is 171 g/mol. The maximum Gasteiger partial charge on any atom is 0.105 e. The van der Waals surface area contributed by atoms with Gasteiger partial charge < -0.3 is 0 Å². The molecule has 0 aromatic carbocycles. The van der Waals surface area contributed by atoms with Crippen LogP contribution in [0.1, 0.15) is 23.1 Å². The fourth-order valence-electron chi connectivity index (χ4n) is 1.17. The molecule has 2 rings (SSSR count). The first-order valence-electron chi connectivity index (χ1n) is 3.48. The Morgan fingerprint density at radius 2 is 2.60 bits per heavy atom. The monoisotopic (exact) mass is 171 g/mol. The molecule has 1 fully saturated rings.